The van der Waals surface area contributed by atoms with Crippen LogP contribution in [0.4, 0.5) is 5.69 Å². The van der Waals surface area contributed by atoms with Crippen molar-refractivity contribution in [2.45, 2.75) is 13.3 Å². The lowest BCUT2D eigenvalue weighted by molar-refractivity contribution is -0.119. The molecule has 1 aromatic rings. The standard InChI is InChI=1S/C13H18N2O2/c1-3-8-14-13(17)9-15(2)12-7-5-4-6-11(12)10-16/h4-7,10H,3,8-9H2,1-2H3,(H,14,17). The lowest BCUT2D eigenvalue weighted by atomic mass is 10.2. The molecule has 0 saturated carbocycles. The number of likely N-dealkylation sites (N-methyl/N-ethyl adjacent to an activating group) is 1. The van der Waals surface area contributed by atoms with Gasteiger partial charge in [0.05, 0.1) is 6.54 Å². The van der Waals surface area contributed by atoms with Gasteiger partial charge in [0, 0.05) is 24.8 Å². The Morgan fingerprint density at radius 2 is 2.12 bits per heavy atom. The van der Waals surface area contributed by atoms with E-state index in [2.05, 4.69) is 5.32 Å². The average molecular weight is 234 g/mol. The zero-order valence-electron chi connectivity index (χ0n) is 10.3. The first kappa shape index (κ1) is 13.2. The van der Waals surface area contributed by atoms with Gasteiger partial charge < -0.3 is 10.2 Å². The number of carbonyl (C=O) groups is 2. The minimum absolute atomic E-state index is 0.0324. The van der Waals surface area contributed by atoms with Crippen LogP contribution in [0, 0.1) is 0 Å². The normalized spacial score (nSPS) is 9.76. The molecule has 0 spiro atoms. The highest BCUT2D eigenvalue weighted by molar-refractivity contribution is 5.87. The number of nitrogens with zero attached hydrogens (tertiary/aromatic N) is 1. The van der Waals surface area contributed by atoms with Gasteiger partial charge in [-0.05, 0) is 18.6 Å². The van der Waals surface area contributed by atoms with Crippen molar-refractivity contribution in [3.05, 3.63) is 29.8 Å². The number of anilines is 1. The molecule has 17 heavy (non-hydrogen) atoms. The van der Waals surface area contributed by atoms with Crippen molar-refractivity contribution in [1.82, 2.24) is 5.32 Å². The molecule has 0 aromatic heterocycles. The Kier molecular flexibility index (Phi) is 5.20. The molecule has 0 atom stereocenters. The summed E-state index contributed by atoms with van der Waals surface area (Å²) in [6.45, 7) is 2.94. The molecule has 4 heteroatoms. The maximum Gasteiger partial charge on any atom is 0.239 e. The number of carbonyl (C=O) groups excluding carboxylic acids is 2. The van der Waals surface area contributed by atoms with Crippen LogP contribution in [-0.4, -0.2) is 32.3 Å². The topological polar surface area (TPSA) is 49.4 Å². The monoisotopic (exact) mass is 234 g/mol. The highest BCUT2D eigenvalue weighted by Crippen LogP contribution is 2.16. The number of aldehydes is 1. The zero-order chi connectivity index (χ0) is 12.7. The molecular formula is C13H18N2O2. The Balaban J connectivity index is 2.66. The van der Waals surface area contributed by atoms with Crippen LogP contribution in [0.3, 0.4) is 0 Å². The molecule has 0 saturated heterocycles. The van der Waals surface area contributed by atoms with Gasteiger partial charge in [-0.3, -0.25) is 9.59 Å². The molecule has 1 amide bonds. The first-order valence-electron chi connectivity index (χ1n) is 5.71. The van der Waals surface area contributed by atoms with Gasteiger partial charge in [0.2, 0.25) is 5.91 Å². The number of rotatable bonds is 6. The molecular weight excluding hydrogens is 216 g/mol. The number of amides is 1. The number of para-hydroxylation sites is 1. The summed E-state index contributed by atoms with van der Waals surface area (Å²) in [5, 5.41) is 2.80. The summed E-state index contributed by atoms with van der Waals surface area (Å²) < 4.78 is 0. The summed E-state index contributed by atoms with van der Waals surface area (Å²) >= 11 is 0. The molecule has 0 heterocycles. The molecule has 1 aromatic carbocycles. The minimum atomic E-state index is -0.0324. The third-order valence-corrected chi connectivity index (χ3v) is 2.43. The van der Waals surface area contributed by atoms with Crippen LogP contribution < -0.4 is 10.2 Å². The van der Waals surface area contributed by atoms with E-state index in [1.54, 1.807) is 24.1 Å². The summed E-state index contributed by atoms with van der Waals surface area (Å²) in [5.74, 6) is -0.0324. The van der Waals surface area contributed by atoms with E-state index in [0.717, 1.165) is 18.4 Å². The molecule has 0 aliphatic rings. The molecule has 0 fully saturated rings. The molecule has 0 aliphatic heterocycles. The van der Waals surface area contributed by atoms with Crippen LogP contribution in [-0.2, 0) is 4.79 Å². The van der Waals surface area contributed by atoms with Gasteiger partial charge >= 0.3 is 0 Å². The molecule has 0 bridgehead atoms. The van der Waals surface area contributed by atoms with Crippen LogP contribution in [0.2, 0.25) is 0 Å². The summed E-state index contributed by atoms with van der Waals surface area (Å²) in [4.78, 5) is 24.2. The number of nitrogens with one attached hydrogen (secondary N) is 1. The molecule has 92 valence electrons. The van der Waals surface area contributed by atoms with Crippen LogP contribution >= 0.6 is 0 Å². The van der Waals surface area contributed by atoms with E-state index in [-0.39, 0.29) is 12.5 Å². The van der Waals surface area contributed by atoms with Gasteiger partial charge in [0.1, 0.15) is 0 Å². The quantitative estimate of drug-likeness (QED) is 0.758. The average Bonchev–Trinajstić information content (AvgIpc) is 2.36. The van der Waals surface area contributed by atoms with E-state index in [0.29, 0.717) is 12.1 Å². The second-order valence-electron chi connectivity index (χ2n) is 3.88. The second-order valence-corrected chi connectivity index (χ2v) is 3.88. The Morgan fingerprint density at radius 1 is 1.41 bits per heavy atom. The molecule has 0 aliphatic carbocycles. The maximum atomic E-state index is 11.5. The van der Waals surface area contributed by atoms with E-state index in [9.17, 15) is 9.59 Å². The predicted octanol–water partition coefficient (Wildman–Crippen LogP) is 1.46. The highest BCUT2D eigenvalue weighted by atomic mass is 16.2. The summed E-state index contributed by atoms with van der Waals surface area (Å²) in [7, 11) is 1.80. The number of hydrogen-bond donors (Lipinski definition) is 1. The third kappa shape index (κ3) is 3.90. The van der Waals surface area contributed by atoms with E-state index in [4.69, 9.17) is 0 Å². The molecule has 0 radical (unpaired) electrons. The first-order chi connectivity index (χ1) is 8.19. The van der Waals surface area contributed by atoms with E-state index in [1.165, 1.54) is 0 Å². The van der Waals surface area contributed by atoms with Crippen LogP contribution in [0.5, 0.6) is 0 Å². The summed E-state index contributed by atoms with van der Waals surface area (Å²) in [6.07, 6.45) is 1.72. The van der Waals surface area contributed by atoms with Crippen LogP contribution in [0.1, 0.15) is 23.7 Å². The van der Waals surface area contributed by atoms with Gasteiger partial charge in [0.25, 0.3) is 0 Å². The van der Waals surface area contributed by atoms with Crippen molar-refractivity contribution in [3.63, 3.8) is 0 Å². The lowest BCUT2D eigenvalue weighted by Crippen LogP contribution is -2.35. The van der Waals surface area contributed by atoms with Crippen molar-refractivity contribution in [3.8, 4) is 0 Å². The van der Waals surface area contributed by atoms with Crippen molar-refractivity contribution >= 4 is 17.9 Å². The third-order valence-electron chi connectivity index (χ3n) is 2.43. The van der Waals surface area contributed by atoms with Crippen molar-refractivity contribution in [1.29, 1.82) is 0 Å². The Hall–Kier alpha value is -1.84. The van der Waals surface area contributed by atoms with E-state index < -0.39 is 0 Å². The van der Waals surface area contributed by atoms with Crippen LogP contribution in [0.25, 0.3) is 0 Å². The van der Waals surface area contributed by atoms with E-state index in [1.807, 2.05) is 19.1 Å². The van der Waals surface area contributed by atoms with E-state index >= 15 is 0 Å². The largest absolute Gasteiger partial charge is 0.365 e. The highest BCUT2D eigenvalue weighted by Gasteiger charge is 2.09. The van der Waals surface area contributed by atoms with Gasteiger partial charge in [-0.2, -0.15) is 0 Å². The predicted molar refractivity (Wildman–Crippen MR) is 68.4 cm³/mol. The van der Waals surface area contributed by atoms with Crippen LogP contribution in [0.15, 0.2) is 24.3 Å². The number of benzene rings is 1. The molecule has 1 N–H and O–H groups in total. The fourth-order valence-electron chi connectivity index (χ4n) is 1.56. The first-order valence-corrected chi connectivity index (χ1v) is 5.71. The fraction of sp³-hybridized carbons (Fsp3) is 0.385. The molecule has 4 nitrogen and oxygen atoms in total. The van der Waals surface area contributed by atoms with Gasteiger partial charge in [0.15, 0.2) is 6.29 Å². The van der Waals surface area contributed by atoms with Gasteiger partial charge in [-0.1, -0.05) is 19.1 Å². The maximum absolute atomic E-state index is 11.5. The number of hydrogen-bond acceptors (Lipinski definition) is 3. The Bertz CT molecular complexity index is 391. The second kappa shape index (κ2) is 6.68. The molecule has 0 unspecified atom stereocenters. The smallest absolute Gasteiger partial charge is 0.239 e. The van der Waals surface area contributed by atoms with Crippen molar-refractivity contribution in [2.75, 3.05) is 25.0 Å². The lowest BCUT2D eigenvalue weighted by Gasteiger charge is -2.20. The molecule has 1 rings (SSSR count). The Morgan fingerprint density at radius 3 is 2.76 bits per heavy atom. The van der Waals surface area contributed by atoms with Gasteiger partial charge in [-0.25, -0.2) is 0 Å². The fourth-order valence-corrected chi connectivity index (χ4v) is 1.56. The van der Waals surface area contributed by atoms with Crippen molar-refractivity contribution < 1.29 is 9.59 Å². The SMILES string of the molecule is CCCNC(=O)CN(C)c1ccccc1C=O. The zero-order valence-corrected chi connectivity index (χ0v) is 10.3. The Labute approximate surface area is 102 Å². The summed E-state index contributed by atoms with van der Waals surface area (Å²) in [6, 6.07) is 7.22. The minimum Gasteiger partial charge on any atom is -0.365 e. The van der Waals surface area contributed by atoms with Crippen molar-refractivity contribution in [2.24, 2.45) is 0 Å². The van der Waals surface area contributed by atoms with Gasteiger partial charge in [-0.15, -0.1) is 0 Å². The summed E-state index contributed by atoms with van der Waals surface area (Å²) in [5.41, 5.74) is 1.37.